The number of nitrogens with zero attached hydrogens (tertiary/aromatic N) is 3. The number of nitrogens with one attached hydrogen (secondary N) is 2. The second-order valence-electron chi connectivity index (χ2n) is 6.74. The first kappa shape index (κ1) is 21.3. The first-order valence-electron chi connectivity index (χ1n) is 9.66. The summed E-state index contributed by atoms with van der Waals surface area (Å²) in [5.74, 6) is 1.23. The zero-order chi connectivity index (χ0) is 22.3. The van der Waals surface area contributed by atoms with Gasteiger partial charge in [0.2, 0.25) is 0 Å². The van der Waals surface area contributed by atoms with E-state index >= 15 is 0 Å². The van der Waals surface area contributed by atoms with Crippen molar-refractivity contribution in [2.24, 2.45) is 0 Å². The molecular weight excluding hydrogens is 427 g/mol. The number of nitrogens with two attached hydrogens (primary N) is 1. The molecule has 0 atom stereocenters. The van der Waals surface area contributed by atoms with Crippen molar-refractivity contribution in [3.05, 3.63) is 96.1 Å². The smallest absolute Gasteiger partial charge is 0.255 e. The van der Waals surface area contributed by atoms with Crippen molar-refractivity contribution in [1.82, 2.24) is 15.0 Å². The number of carbonyl (C=O) groups is 1. The lowest BCUT2D eigenvalue weighted by Gasteiger charge is -2.09. The second-order valence-corrected chi connectivity index (χ2v) is 7.68. The highest BCUT2D eigenvalue weighted by Crippen LogP contribution is 2.23. The van der Waals surface area contributed by atoms with Crippen molar-refractivity contribution in [3.8, 4) is 0 Å². The maximum absolute atomic E-state index is 13.2. The van der Waals surface area contributed by atoms with Crippen LogP contribution >= 0.6 is 11.8 Å². The molecule has 2 heterocycles. The van der Waals surface area contributed by atoms with Crippen LogP contribution in [0.25, 0.3) is 0 Å². The molecule has 0 bridgehead atoms. The third-order valence-electron chi connectivity index (χ3n) is 4.40. The molecule has 4 aromatic rings. The van der Waals surface area contributed by atoms with Crippen molar-refractivity contribution in [2.45, 2.75) is 10.9 Å². The average molecular weight is 447 g/mol. The van der Waals surface area contributed by atoms with E-state index in [1.165, 1.54) is 30.0 Å². The lowest BCUT2D eigenvalue weighted by molar-refractivity contribution is 0.102. The molecule has 0 saturated carbocycles. The van der Waals surface area contributed by atoms with Crippen molar-refractivity contribution in [3.63, 3.8) is 0 Å². The molecule has 4 N–H and O–H groups in total. The van der Waals surface area contributed by atoms with E-state index in [1.54, 1.807) is 30.6 Å². The Labute approximate surface area is 188 Å². The molecule has 2 aromatic heterocycles. The van der Waals surface area contributed by atoms with Gasteiger partial charge in [-0.25, -0.2) is 19.3 Å². The fraction of sp³-hybridized carbons (Fsp3) is 0.0435. The summed E-state index contributed by atoms with van der Waals surface area (Å²) in [6, 6.07) is 18.4. The Balaban J connectivity index is 1.35. The molecular formula is C23H19FN6OS. The van der Waals surface area contributed by atoms with Crippen molar-refractivity contribution < 1.29 is 9.18 Å². The van der Waals surface area contributed by atoms with Gasteiger partial charge in [-0.2, -0.15) is 0 Å². The third-order valence-corrected chi connectivity index (χ3v) is 5.33. The number of nitrogen functional groups attached to an aromatic ring is 1. The van der Waals surface area contributed by atoms with Crippen molar-refractivity contribution in [1.29, 1.82) is 0 Å². The fourth-order valence-corrected chi connectivity index (χ4v) is 3.58. The van der Waals surface area contributed by atoms with Gasteiger partial charge in [0, 0.05) is 23.7 Å². The Morgan fingerprint density at radius 2 is 1.81 bits per heavy atom. The molecule has 2 aromatic carbocycles. The van der Waals surface area contributed by atoms with Crippen LogP contribution in [-0.2, 0) is 5.75 Å². The summed E-state index contributed by atoms with van der Waals surface area (Å²) >= 11 is 1.48. The van der Waals surface area contributed by atoms with Gasteiger partial charge in [-0.1, -0.05) is 30.0 Å². The van der Waals surface area contributed by atoms with Gasteiger partial charge >= 0.3 is 0 Å². The number of carbonyl (C=O) groups excluding carboxylic acids is 1. The van der Waals surface area contributed by atoms with Crippen molar-refractivity contribution >= 4 is 40.7 Å². The lowest BCUT2D eigenvalue weighted by atomic mass is 10.1. The quantitative estimate of drug-likeness (QED) is 0.211. The number of aromatic nitrogens is 3. The van der Waals surface area contributed by atoms with Crippen LogP contribution in [0.4, 0.5) is 27.4 Å². The van der Waals surface area contributed by atoms with E-state index in [9.17, 15) is 9.18 Å². The van der Waals surface area contributed by atoms with Gasteiger partial charge in [0.15, 0.2) is 5.16 Å². The zero-order valence-electron chi connectivity index (χ0n) is 16.8. The molecule has 0 spiro atoms. The first-order valence-corrected chi connectivity index (χ1v) is 10.6. The summed E-state index contributed by atoms with van der Waals surface area (Å²) in [6.07, 6.45) is 3.40. The number of rotatable bonds is 7. The number of amides is 1. The number of hydrogen-bond donors (Lipinski definition) is 3. The first-order chi connectivity index (χ1) is 15.6. The Morgan fingerprint density at radius 1 is 0.969 bits per heavy atom. The molecule has 0 unspecified atom stereocenters. The van der Waals surface area contributed by atoms with Crippen LogP contribution in [0.15, 0.2) is 84.3 Å². The van der Waals surface area contributed by atoms with Gasteiger partial charge in [-0.15, -0.1) is 0 Å². The van der Waals surface area contributed by atoms with Gasteiger partial charge in [0.1, 0.15) is 17.5 Å². The summed E-state index contributed by atoms with van der Waals surface area (Å²) in [5, 5.41) is 6.45. The minimum Gasteiger partial charge on any atom is -0.397 e. The van der Waals surface area contributed by atoms with E-state index < -0.39 is 5.82 Å². The Hall–Kier alpha value is -3.98. The van der Waals surface area contributed by atoms with Crippen LogP contribution in [-0.4, -0.2) is 20.9 Å². The second kappa shape index (κ2) is 9.88. The van der Waals surface area contributed by atoms with E-state index in [0.29, 0.717) is 33.8 Å². The normalized spacial score (nSPS) is 10.5. The summed E-state index contributed by atoms with van der Waals surface area (Å²) in [7, 11) is 0. The van der Waals surface area contributed by atoms with Gasteiger partial charge in [0.25, 0.3) is 5.91 Å². The van der Waals surface area contributed by atoms with E-state index in [-0.39, 0.29) is 11.6 Å². The largest absolute Gasteiger partial charge is 0.397 e. The van der Waals surface area contributed by atoms with Gasteiger partial charge in [-0.3, -0.25) is 4.79 Å². The van der Waals surface area contributed by atoms with E-state index in [4.69, 9.17) is 5.73 Å². The highest BCUT2D eigenvalue weighted by molar-refractivity contribution is 7.98. The minimum absolute atomic E-state index is 0.172. The topological polar surface area (TPSA) is 106 Å². The van der Waals surface area contributed by atoms with E-state index in [0.717, 1.165) is 5.56 Å². The number of pyridine rings is 1. The molecule has 0 aliphatic rings. The van der Waals surface area contributed by atoms with Gasteiger partial charge in [-0.05, 0) is 54.1 Å². The molecule has 1 amide bonds. The number of halogens is 1. The highest BCUT2D eigenvalue weighted by atomic mass is 32.2. The summed E-state index contributed by atoms with van der Waals surface area (Å²) in [5.41, 5.74) is 7.77. The summed E-state index contributed by atoms with van der Waals surface area (Å²) in [6.45, 7) is 0. The summed E-state index contributed by atoms with van der Waals surface area (Å²) in [4.78, 5) is 25.4. The molecule has 160 valence electrons. The van der Waals surface area contributed by atoms with Crippen molar-refractivity contribution in [2.75, 3.05) is 16.4 Å². The molecule has 9 heteroatoms. The molecule has 0 fully saturated rings. The highest BCUT2D eigenvalue weighted by Gasteiger charge is 2.09. The maximum atomic E-state index is 13.2. The van der Waals surface area contributed by atoms with E-state index in [2.05, 4.69) is 25.6 Å². The molecule has 7 nitrogen and oxygen atoms in total. The molecule has 32 heavy (non-hydrogen) atoms. The van der Waals surface area contributed by atoms with E-state index in [1.807, 2.05) is 30.3 Å². The lowest BCUT2D eigenvalue weighted by Crippen LogP contribution is -2.13. The average Bonchev–Trinajstić information content (AvgIpc) is 2.81. The Kier molecular flexibility index (Phi) is 6.57. The van der Waals surface area contributed by atoms with Crippen LogP contribution in [0.2, 0.25) is 0 Å². The fourth-order valence-electron chi connectivity index (χ4n) is 2.79. The number of benzene rings is 2. The van der Waals surface area contributed by atoms with Crippen LogP contribution in [0.1, 0.15) is 15.9 Å². The van der Waals surface area contributed by atoms with Crippen LogP contribution in [0.5, 0.6) is 0 Å². The Morgan fingerprint density at radius 3 is 2.56 bits per heavy atom. The molecule has 0 saturated heterocycles. The van der Waals surface area contributed by atoms with Crippen LogP contribution < -0.4 is 16.4 Å². The third kappa shape index (κ3) is 5.58. The number of thioether (sulfide) groups is 1. The molecule has 0 aliphatic carbocycles. The van der Waals surface area contributed by atoms with Gasteiger partial charge < -0.3 is 16.4 Å². The van der Waals surface area contributed by atoms with Crippen LogP contribution in [0, 0.1) is 5.82 Å². The summed E-state index contributed by atoms with van der Waals surface area (Å²) < 4.78 is 13.2. The minimum atomic E-state index is -0.454. The zero-order valence-corrected chi connectivity index (χ0v) is 17.6. The predicted octanol–water partition coefficient (Wildman–Crippen LogP) is 4.88. The molecule has 4 rings (SSSR count). The molecule has 0 aliphatic heterocycles. The Bertz CT molecular complexity index is 1220. The SMILES string of the molecule is Nc1cc(F)ccc1NC(=O)c1ccc(CSc2nccc(Nc3ccccn3)n2)cc1. The van der Waals surface area contributed by atoms with Gasteiger partial charge in [0.05, 0.1) is 11.4 Å². The molecule has 0 radical (unpaired) electrons. The number of anilines is 4. The predicted molar refractivity (Wildman–Crippen MR) is 124 cm³/mol. The monoisotopic (exact) mass is 446 g/mol. The number of hydrogen-bond acceptors (Lipinski definition) is 7. The standard InChI is InChI=1S/C23H19FN6OS/c24-17-8-9-19(18(25)13-17)28-22(31)16-6-4-15(5-7-16)14-32-23-27-12-10-21(30-23)29-20-3-1-2-11-26-20/h1-13H,14,25H2,(H,28,31)(H,26,27,29,30). The van der Waals surface area contributed by atoms with Crippen LogP contribution in [0.3, 0.4) is 0 Å². The maximum Gasteiger partial charge on any atom is 0.255 e.